The highest BCUT2D eigenvalue weighted by atomic mass is 16.6. The third-order valence-corrected chi connectivity index (χ3v) is 3.65. The summed E-state index contributed by atoms with van der Waals surface area (Å²) >= 11 is 0. The Bertz CT molecular complexity index is 468. The van der Waals surface area contributed by atoms with E-state index in [2.05, 4.69) is 0 Å². The first kappa shape index (κ1) is 16.8. The fourth-order valence-corrected chi connectivity index (χ4v) is 2.29. The Morgan fingerprint density at radius 2 is 2.27 bits per heavy atom. The van der Waals surface area contributed by atoms with Crippen LogP contribution in [0, 0.1) is 0 Å². The molecular weight excluding hydrogens is 284 g/mol. The van der Waals surface area contributed by atoms with Gasteiger partial charge in [0.15, 0.2) is 6.10 Å². The van der Waals surface area contributed by atoms with E-state index < -0.39 is 6.10 Å². The van der Waals surface area contributed by atoms with Crippen LogP contribution < -0.4 is 4.74 Å². The summed E-state index contributed by atoms with van der Waals surface area (Å²) in [6.07, 6.45) is 2.77. The van der Waals surface area contributed by atoms with Crippen LogP contribution in [0.1, 0.15) is 31.7 Å². The van der Waals surface area contributed by atoms with Crippen molar-refractivity contribution in [2.45, 2.75) is 45.0 Å². The third kappa shape index (κ3) is 5.31. The smallest absolute Gasteiger partial charge is 0.335 e. The van der Waals surface area contributed by atoms with Gasteiger partial charge in [-0.2, -0.15) is 0 Å². The monoisotopic (exact) mass is 308 g/mol. The van der Waals surface area contributed by atoms with Crippen molar-refractivity contribution in [2.24, 2.45) is 0 Å². The van der Waals surface area contributed by atoms with Crippen LogP contribution in [0.3, 0.4) is 0 Å². The molecule has 1 heterocycles. The summed E-state index contributed by atoms with van der Waals surface area (Å²) in [4.78, 5) is 11.9. The fraction of sp³-hybridized carbons (Fsp3) is 0.588. The van der Waals surface area contributed by atoms with Crippen LogP contribution in [0.5, 0.6) is 5.75 Å². The highest BCUT2D eigenvalue weighted by Gasteiger charge is 2.19. The lowest BCUT2D eigenvalue weighted by Crippen LogP contribution is -2.30. The van der Waals surface area contributed by atoms with E-state index in [9.17, 15) is 4.79 Å². The summed E-state index contributed by atoms with van der Waals surface area (Å²) in [5, 5.41) is 0. The molecule has 2 rings (SSSR count). The highest BCUT2D eigenvalue weighted by Crippen LogP contribution is 2.15. The van der Waals surface area contributed by atoms with Crippen molar-refractivity contribution in [1.29, 1.82) is 0 Å². The van der Waals surface area contributed by atoms with E-state index in [1.54, 1.807) is 14.0 Å². The van der Waals surface area contributed by atoms with E-state index in [0.717, 1.165) is 37.2 Å². The van der Waals surface area contributed by atoms with Gasteiger partial charge in [0.05, 0.1) is 19.8 Å². The molecule has 1 fully saturated rings. The zero-order chi connectivity index (χ0) is 15.8. The molecule has 1 aromatic carbocycles. The molecule has 0 aliphatic carbocycles. The summed E-state index contributed by atoms with van der Waals surface area (Å²) in [5.74, 6) is 0.380. The van der Waals surface area contributed by atoms with E-state index >= 15 is 0 Å². The number of benzene rings is 1. The van der Waals surface area contributed by atoms with Gasteiger partial charge in [-0.3, -0.25) is 0 Å². The molecule has 1 aromatic rings. The molecule has 1 aliphatic rings. The lowest BCUT2D eigenvalue weighted by molar-refractivity contribution is -0.160. The number of hydrogen-bond acceptors (Lipinski definition) is 5. The third-order valence-electron chi connectivity index (χ3n) is 3.65. The Hall–Kier alpha value is -1.59. The van der Waals surface area contributed by atoms with E-state index in [1.807, 2.05) is 24.3 Å². The van der Waals surface area contributed by atoms with Gasteiger partial charge in [-0.25, -0.2) is 4.79 Å². The Balaban J connectivity index is 1.71. The van der Waals surface area contributed by atoms with Gasteiger partial charge in [0.2, 0.25) is 0 Å². The van der Waals surface area contributed by atoms with Gasteiger partial charge in [-0.15, -0.1) is 0 Å². The maximum absolute atomic E-state index is 11.9. The Morgan fingerprint density at radius 1 is 1.41 bits per heavy atom. The van der Waals surface area contributed by atoms with Crippen LogP contribution in [0.2, 0.25) is 0 Å². The van der Waals surface area contributed by atoms with Gasteiger partial charge in [-0.1, -0.05) is 12.1 Å². The maximum atomic E-state index is 11.9. The van der Waals surface area contributed by atoms with Crippen LogP contribution in [0.15, 0.2) is 24.3 Å². The summed E-state index contributed by atoms with van der Waals surface area (Å²) in [6, 6.07) is 7.44. The lowest BCUT2D eigenvalue weighted by atomic mass is 10.1. The van der Waals surface area contributed by atoms with Crippen molar-refractivity contribution in [3.05, 3.63) is 29.8 Å². The summed E-state index contributed by atoms with van der Waals surface area (Å²) in [7, 11) is 1.61. The molecule has 5 heteroatoms. The van der Waals surface area contributed by atoms with E-state index in [4.69, 9.17) is 18.9 Å². The molecule has 1 saturated heterocycles. The second-order valence-corrected chi connectivity index (χ2v) is 5.42. The zero-order valence-electron chi connectivity index (χ0n) is 13.2. The highest BCUT2D eigenvalue weighted by molar-refractivity contribution is 5.74. The topological polar surface area (TPSA) is 54.0 Å². The molecule has 0 radical (unpaired) electrons. The van der Waals surface area contributed by atoms with Crippen LogP contribution in [0.4, 0.5) is 0 Å². The van der Waals surface area contributed by atoms with Crippen molar-refractivity contribution in [1.82, 2.24) is 0 Å². The van der Waals surface area contributed by atoms with Gasteiger partial charge < -0.3 is 18.9 Å². The fourth-order valence-electron chi connectivity index (χ4n) is 2.29. The number of ether oxygens (including phenoxy) is 4. The number of rotatable bonds is 7. The summed E-state index contributed by atoms with van der Waals surface area (Å²) in [5.41, 5.74) is 0.885. The SMILES string of the molecule is COc1cccc(COC(=O)C(C)OCC2CCCCO2)c1. The molecule has 2 unspecified atom stereocenters. The van der Waals surface area contributed by atoms with E-state index in [0.29, 0.717) is 6.61 Å². The molecular formula is C17H24O5. The van der Waals surface area contributed by atoms with Gasteiger partial charge >= 0.3 is 5.97 Å². The minimum absolute atomic E-state index is 0.0994. The molecule has 0 bridgehead atoms. The molecule has 1 aliphatic heterocycles. The molecule has 5 nitrogen and oxygen atoms in total. The molecule has 0 N–H and O–H groups in total. The van der Waals surface area contributed by atoms with Crippen LogP contribution in [0.25, 0.3) is 0 Å². The van der Waals surface area contributed by atoms with Crippen molar-refractivity contribution in [3.8, 4) is 5.75 Å². The zero-order valence-corrected chi connectivity index (χ0v) is 13.2. The Morgan fingerprint density at radius 3 is 3.00 bits per heavy atom. The van der Waals surface area contributed by atoms with E-state index in [-0.39, 0.29) is 18.7 Å². The van der Waals surface area contributed by atoms with Gasteiger partial charge in [0, 0.05) is 6.61 Å². The van der Waals surface area contributed by atoms with Crippen LogP contribution >= 0.6 is 0 Å². The molecule has 0 saturated carbocycles. The first-order chi connectivity index (χ1) is 10.7. The summed E-state index contributed by atoms with van der Waals surface area (Å²) in [6.45, 7) is 3.14. The number of carbonyl (C=O) groups is 1. The van der Waals surface area contributed by atoms with Crippen molar-refractivity contribution in [3.63, 3.8) is 0 Å². The first-order valence-electron chi connectivity index (χ1n) is 7.72. The second kappa shape index (κ2) is 8.76. The molecule has 22 heavy (non-hydrogen) atoms. The summed E-state index contributed by atoms with van der Waals surface area (Å²) < 4.78 is 21.5. The number of methoxy groups -OCH3 is 1. The van der Waals surface area contributed by atoms with Crippen molar-refractivity contribution >= 4 is 5.97 Å². The average Bonchev–Trinajstić information content (AvgIpc) is 2.58. The second-order valence-electron chi connectivity index (χ2n) is 5.42. The van der Waals surface area contributed by atoms with Crippen LogP contribution in [-0.4, -0.2) is 38.5 Å². The lowest BCUT2D eigenvalue weighted by Gasteiger charge is -2.23. The van der Waals surface area contributed by atoms with Crippen molar-refractivity contribution < 1.29 is 23.7 Å². The first-order valence-corrected chi connectivity index (χ1v) is 7.72. The average molecular weight is 308 g/mol. The van der Waals surface area contributed by atoms with Gasteiger partial charge in [0.1, 0.15) is 12.4 Å². The molecule has 0 aromatic heterocycles. The Kier molecular flexibility index (Phi) is 6.68. The number of carbonyl (C=O) groups excluding carboxylic acids is 1. The minimum atomic E-state index is -0.587. The largest absolute Gasteiger partial charge is 0.497 e. The molecule has 0 spiro atoms. The number of hydrogen-bond donors (Lipinski definition) is 0. The minimum Gasteiger partial charge on any atom is -0.497 e. The molecule has 0 amide bonds. The number of esters is 1. The predicted molar refractivity (Wildman–Crippen MR) is 81.8 cm³/mol. The maximum Gasteiger partial charge on any atom is 0.335 e. The van der Waals surface area contributed by atoms with Crippen molar-refractivity contribution in [2.75, 3.05) is 20.3 Å². The quantitative estimate of drug-likeness (QED) is 0.725. The van der Waals surface area contributed by atoms with Gasteiger partial charge in [0.25, 0.3) is 0 Å². The standard InChI is InChI=1S/C17H24O5/c1-13(21-12-16-7-3-4-9-20-16)17(18)22-11-14-6-5-8-15(10-14)19-2/h5-6,8,10,13,16H,3-4,7,9,11-12H2,1-2H3. The molecule has 122 valence electrons. The normalized spacial score (nSPS) is 19.5. The van der Waals surface area contributed by atoms with E-state index in [1.165, 1.54) is 0 Å². The molecule has 2 atom stereocenters. The Labute approximate surface area is 131 Å². The predicted octanol–water partition coefficient (Wildman–Crippen LogP) is 2.71. The van der Waals surface area contributed by atoms with Gasteiger partial charge in [-0.05, 0) is 43.9 Å². The van der Waals surface area contributed by atoms with Crippen LogP contribution in [-0.2, 0) is 25.6 Å².